The number of hydrogen-bond donors (Lipinski definition) is 0. The number of ether oxygens (including phenoxy) is 3. The molecule has 0 spiro atoms. The molecule has 2 heterocycles. The van der Waals surface area contributed by atoms with Crippen molar-refractivity contribution in [1.29, 1.82) is 0 Å². The number of para-hydroxylation sites is 2. The van der Waals surface area contributed by atoms with Gasteiger partial charge < -0.3 is 14.2 Å². The quantitative estimate of drug-likeness (QED) is 0.168. The Hall–Kier alpha value is -2.82. The summed E-state index contributed by atoms with van der Waals surface area (Å²) in [7, 11) is 1.61. The van der Waals surface area contributed by atoms with Gasteiger partial charge >= 0.3 is 0 Å². The summed E-state index contributed by atoms with van der Waals surface area (Å²) in [4.78, 5) is 18.3. The number of rotatable bonds is 8. The summed E-state index contributed by atoms with van der Waals surface area (Å²) < 4.78 is 20.5. The summed E-state index contributed by atoms with van der Waals surface area (Å²) in [6, 6.07) is 18.8. The van der Waals surface area contributed by atoms with Gasteiger partial charge in [-0.05, 0) is 82.8 Å². The van der Waals surface area contributed by atoms with E-state index in [9.17, 15) is 4.79 Å². The number of thiazole rings is 1. The van der Waals surface area contributed by atoms with Crippen LogP contribution in [-0.2, 0) is 0 Å². The molecule has 3 aromatic carbocycles. The summed E-state index contributed by atoms with van der Waals surface area (Å²) in [5.74, 6) is 2.06. The normalized spacial score (nSPS) is 11.9. The molecule has 0 radical (unpaired) electrons. The smallest absolute Gasteiger partial charge is 0.274 e. The zero-order valence-corrected chi connectivity index (χ0v) is 22.4. The highest BCUT2D eigenvalue weighted by atomic mass is 127. The van der Waals surface area contributed by atoms with Crippen molar-refractivity contribution in [3.8, 4) is 17.2 Å². The minimum absolute atomic E-state index is 0.0753. The van der Waals surface area contributed by atoms with Crippen LogP contribution in [0.2, 0.25) is 5.02 Å². The monoisotopic (exact) mass is 618 g/mol. The second-order valence-corrected chi connectivity index (χ2v) is 10.3. The Morgan fingerprint density at radius 1 is 1.09 bits per heavy atom. The maximum absolute atomic E-state index is 13.1. The van der Waals surface area contributed by atoms with Gasteiger partial charge in [0, 0.05) is 11.4 Å². The first-order valence-corrected chi connectivity index (χ1v) is 13.1. The second-order valence-electron chi connectivity index (χ2n) is 7.67. The third kappa shape index (κ3) is 5.10. The van der Waals surface area contributed by atoms with E-state index in [1.807, 2.05) is 54.6 Å². The molecule has 9 heteroatoms. The average Bonchev–Trinajstić information content (AvgIpc) is 3.36. The van der Waals surface area contributed by atoms with Crippen LogP contribution in [0.15, 0.2) is 65.5 Å². The van der Waals surface area contributed by atoms with Gasteiger partial charge in [0.25, 0.3) is 5.56 Å². The highest BCUT2D eigenvalue weighted by Crippen LogP contribution is 2.34. The molecule has 0 unspecified atom stereocenters. The standard InChI is InChI=1S/C26H20ClIN2O4S/c1-32-22-14-16(15-23-25(31)30-21-6-3-2-5-20(21)29-26(30)35-23)13-19(28)24(22)34-12-4-11-33-18-9-7-17(27)8-10-18/h2-3,5-10,13-15H,4,11-12H2,1H3/b23-15-. The molecule has 6 nitrogen and oxygen atoms in total. The zero-order valence-electron chi connectivity index (χ0n) is 18.7. The van der Waals surface area contributed by atoms with Crippen molar-refractivity contribution in [2.45, 2.75) is 6.42 Å². The number of imidazole rings is 1. The fraction of sp³-hybridized carbons (Fsp3) is 0.154. The first kappa shape index (κ1) is 23.9. The molecule has 0 atom stereocenters. The van der Waals surface area contributed by atoms with Gasteiger partial charge in [0.1, 0.15) is 5.75 Å². The van der Waals surface area contributed by atoms with Crippen LogP contribution in [0.5, 0.6) is 17.2 Å². The number of halogens is 2. The molecule has 0 saturated heterocycles. The Balaban J connectivity index is 1.32. The molecule has 178 valence electrons. The fourth-order valence-electron chi connectivity index (χ4n) is 3.68. The Labute approximate surface area is 223 Å². The van der Waals surface area contributed by atoms with Crippen LogP contribution in [-0.4, -0.2) is 29.7 Å². The van der Waals surface area contributed by atoms with Crippen LogP contribution < -0.4 is 24.3 Å². The predicted octanol–water partition coefficient (Wildman–Crippen LogP) is 5.57. The molecular weight excluding hydrogens is 599 g/mol. The lowest BCUT2D eigenvalue weighted by atomic mass is 10.2. The molecule has 5 rings (SSSR count). The topological polar surface area (TPSA) is 62.1 Å². The minimum atomic E-state index is -0.0753. The van der Waals surface area contributed by atoms with Gasteiger partial charge in [0.15, 0.2) is 16.5 Å². The largest absolute Gasteiger partial charge is 0.493 e. The molecule has 0 fully saturated rings. The first-order chi connectivity index (χ1) is 17.0. The zero-order chi connectivity index (χ0) is 24.4. The van der Waals surface area contributed by atoms with E-state index in [1.54, 1.807) is 23.6 Å². The number of fused-ring (bicyclic) bond motifs is 3. The average molecular weight is 619 g/mol. The van der Waals surface area contributed by atoms with E-state index in [-0.39, 0.29) is 5.56 Å². The van der Waals surface area contributed by atoms with Gasteiger partial charge in [-0.15, -0.1) is 0 Å². The summed E-state index contributed by atoms with van der Waals surface area (Å²) in [5, 5.41) is 0.678. The number of methoxy groups -OCH3 is 1. The molecule has 0 aliphatic carbocycles. The highest BCUT2D eigenvalue weighted by Gasteiger charge is 2.13. The SMILES string of the molecule is COc1cc(/C=c2\sc3nc4ccccc4n3c2=O)cc(I)c1OCCCOc1ccc(Cl)cc1. The molecule has 0 bridgehead atoms. The van der Waals surface area contributed by atoms with E-state index in [4.69, 9.17) is 25.8 Å². The van der Waals surface area contributed by atoms with E-state index in [0.29, 0.717) is 45.6 Å². The van der Waals surface area contributed by atoms with Gasteiger partial charge in [0.2, 0.25) is 0 Å². The van der Waals surface area contributed by atoms with Crippen molar-refractivity contribution >= 4 is 67.6 Å². The lowest BCUT2D eigenvalue weighted by Crippen LogP contribution is -2.22. The number of nitrogens with zero attached hydrogens (tertiary/aromatic N) is 2. The summed E-state index contributed by atoms with van der Waals surface area (Å²) in [5.41, 5.74) is 2.42. The minimum Gasteiger partial charge on any atom is -0.493 e. The van der Waals surface area contributed by atoms with Crippen LogP contribution in [0.25, 0.3) is 22.1 Å². The Morgan fingerprint density at radius 3 is 2.66 bits per heavy atom. The van der Waals surface area contributed by atoms with Gasteiger partial charge in [0.05, 0.1) is 39.5 Å². The van der Waals surface area contributed by atoms with Gasteiger partial charge in [-0.1, -0.05) is 35.1 Å². The second kappa shape index (κ2) is 10.4. The van der Waals surface area contributed by atoms with Gasteiger partial charge in [-0.25, -0.2) is 9.38 Å². The number of hydrogen-bond acceptors (Lipinski definition) is 6. The van der Waals surface area contributed by atoms with E-state index < -0.39 is 0 Å². The van der Waals surface area contributed by atoms with E-state index >= 15 is 0 Å². The van der Waals surface area contributed by atoms with Crippen LogP contribution in [0.4, 0.5) is 0 Å². The van der Waals surface area contributed by atoms with Crippen molar-refractivity contribution in [3.05, 3.63) is 89.7 Å². The molecule has 0 aliphatic rings. The van der Waals surface area contributed by atoms with Crippen molar-refractivity contribution in [2.75, 3.05) is 20.3 Å². The molecular formula is C26H20ClIN2O4S. The van der Waals surface area contributed by atoms with E-state index in [1.165, 1.54) is 11.3 Å². The molecule has 0 saturated carbocycles. The third-order valence-corrected chi connectivity index (χ3v) is 7.33. The molecule has 0 amide bonds. The Morgan fingerprint density at radius 2 is 1.86 bits per heavy atom. The van der Waals surface area contributed by atoms with Crippen molar-refractivity contribution < 1.29 is 14.2 Å². The van der Waals surface area contributed by atoms with E-state index in [0.717, 1.165) is 25.9 Å². The van der Waals surface area contributed by atoms with Crippen LogP contribution in [0, 0.1) is 3.57 Å². The molecule has 2 aromatic heterocycles. The molecule has 0 N–H and O–H groups in total. The lowest BCUT2D eigenvalue weighted by Gasteiger charge is -2.14. The van der Waals surface area contributed by atoms with Crippen molar-refractivity contribution in [1.82, 2.24) is 9.38 Å². The number of benzene rings is 3. The number of aromatic nitrogens is 2. The first-order valence-electron chi connectivity index (χ1n) is 10.8. The predicted molar refractivity (Wildman–Crippen MR) is 148 cm³/mol. The molecule has 35 heavy (non-hydrogen) atoms. The fourth-order valence-corrected chi connectivity index (χ4v) is 5.57. The van der Waals surface area contributed by atoms with Crippen LogP contribution in [0.3, 0.4) is 0 Å². The van der Waals surface area contributed by atoms with Crippen molar-refractivity contribution in [3.63, 3.8) is 0 Å². The Kier molecular flexibility index (Phi) is 7.12. The van der Waals surface area contributed by atoms with Crippen molar-refractivity contribution in [2.24, 2.45) is 0 Å². The van der Waals surface area contributed by atoms with Crippen LogP contribution >= 0.6 is 45.5 Å². The summed E-state index contributed by atoms with van der Waals surface area (Å²) in [6.45, 7) is 0.997. The maximum atomic E-state index is 13.1. The van der Waals surface area contributed by atoms with Gasteiger partial charge in [-0.2, -0.15) is 0 Å². The lowest BCUT2D eigenvalue weighted by molar-refractivity contribution is 0.239. The van der Waals surface area contributed by atoms with E-state index in [2.05, 4.69) is 27.6 Å². The van der Waals surface area contributed by atoms with Crippen LogP contribution in [0.1, 0.15) is 12.0 Å². The third-order valence-electron chi connectivity index (χ3n) is 5.31. The Bertz CT molecular complexity index is 1610. The summed E-state index contributed by atoms with van der Waals surface area (Å²) >= 11 is 9.49. The molecule has 0 aliphatic heterocycles. The summed E-state index contributed by atoms with van der Waals surface area (Å²) in [6.07, 6.45) is 2.57. The molecule has 5 aromatic rings. The highest BCUT2D eigenvalue weighted by molar-refractivity contribution is 14.1. The maximum Gasteiger partial charge on any atom is 0.274 e. The van der Waals surface area contributed by atoms with Gasteiger partial charge in [-0.3, -0.25) is 4.79 Å².